The average molecular weight is 259 g/mol. The fourth-order valence-electron chi connectivity index (χ4n) is 1.88. The largest absolute Gasteiger partial charge is 0.396 e. The SMILES string of the molecule is CC(NCC1(CO)CC1)c1cc(F)c(F)c(F)c1. The van der Waals surface area contributed by atoms with Gasteiger partial charge in [0.1, 0.15) is 0 Å². The van der Waals surface area contributed by atoms with Crippen LogP contribution in [-0.4, -0.2) is 18.3 Å². The number of benzene rings is 1. The number of hydrogen-bond acceptors (Lipinski definition) is 2. The molecule has 2 N–H and O–H groups in total. The molecule has 1 aliphatic rings. The molecule has 0 aromatic heterocycles. The fourth-order valence-corrected chi connectivity index (χ4v) is 1.88. The van der Waals surface area contributed by atoms with E-state index in [1.54, 1.807) is 6.92 Å². The zero-order valence-electron chi connectivity index (χ0n) is 10.1. The minimum Gasteiger partial charge on any atom is -0.396 e. The lowest BCUT2D eigenvalue weighted by atomic mass is 10.1. The molecule has 100 valence electrons. The van der Waals surface area contributed by atoms with Crippen molar-refractivity contribution in [2.24, 2.45) is 5.41 Å². The highest BCUT2D eigenvalue weighted by molar-refractivity contribution is 5.22. The Kier molecular flexibility index (Phi) is 3.64. The molecule has 1 saturated carbocycles. The summed E-state index contributed by atoms with van der Waals surface area (Å²) in [4.78, 5) is 0. The van der Waals surface area contributed by atoms with Gasteiger partial charge < -0.3 is 10.4 Å². The summed E-state index contributed by atoms with van der Waals surface area (Å²) < 4.78 is 39.0. The fraction of sp³-hybridized carbons (Fsp3) is 0.538. The van der Waals surface area contributed by atoms with Crippen LogP contribution in [0.25, 0.3) is 0 Å². The third-order valence-corrected chi connectivity index (χ3v) is 3.58. The topological polar surface area (TPSA) is 32.3 Å². The van der Waals surface area contributed by atoms with Gasteiger partial charge >= 0.3 is 0 Å². The third kappa shape index (κ3) is 2.67. The maximum absolute atomic E-state index is 13.1. The van der Waals surface area contributed by atoms with E-state index in [2.05, 4.69) is 5.32 Å². The lowest BCUT2D eigenvalue weighted by Gasteiger charge is -2.19. The smallest absolute Gasteiger partial charge is 0.194 e. The van der Waals surface area contributed by atoms with E-state index in [0.29, 0.717) is 12.1 Å². The van der Waals surface area contributed by atoms with Crippen LogP contribution < -0.4 is 5.32 Å². The number of nitrogens with one attached hydrogen (secondary N) is 1. The van der Waals surface area contributed by atoms with Crippen LogP contribution in [0.5, 0.6) is 0 Å². The third-order valence-electron chi connectivity index (χ3n) is 3.58. The second-order valence-corrected chi connectivity index (χ2v) is 5.06. The van der Waals surface area contributed by atoms with E-state index >= 15 is 0 Å². The van der Waals surface area contributed by atoms with Gasteiger partial charge in [0.05, 0.1) is 0 Å². The normalized spacial score (nSPS) is 18.7. The van der Waals surface area contributed by atoms with Gasteiger partial charge in [-0.3, -0.25) is 0 Å². The molecular formula is C13H16F3NO. The summed E-state index contributed by atoms with van der Waals surface area (Å²) >= 11 is 0. The molecule has 0 heterocycles. The van der Waals surface area contributed by atoms with E-state index in [9.17, 15) is 13.2 Å². The quantitative estimate of drug-likeness (QED) is 0.796. The first kappa shape index (κ1) is 13.4. The number of halogens is 3. The summed E-state index contributed by atoms with van der Waals surface area (Å²) in [5, 5.41) is 12.3. The highest BCUT2D eigenvalue weighted by atomic mass is 19.2. The summed E-state index contributed by atoms with van der Waals surface area (Å²) in [6.45, 7) is 2.45. The van der Waals surface area contributed by atoms with Gasteiger partial charge in [0.15, 0.2) is 17.5 Å². The molecule has 0 amide bonds. The minimum absolute atomic E-state index is 0.0780. The molecule has 2 rings (SSSR count). The lowest BCUT2D eigenvalue weighted by Crippen LogP contribution is -2.29. The van der Waals surface area contributed by atoms with Crippen LogP contribution >= 0.6 is 0 Å². The van der Waals surface area contributed by atoms with Gasteiger partial charge in [-0.25, -0.2) is 13.2 Å². The summed E-state index contributed by atoms with van der Waals surface area (Å²) in [5.41, 5.74) is 0.283. The number of aliphatic hydroxyl groups is 1. The number of rotatable bonds is 5. The molecule has 0 bridgehead atoms. The Bertz CT molecular complexity index is 423. The van der Waals surface area contributed by atoms with E-state index in [4.69, 9.17) is 5.11 Å². The Morgan fingerprint density at radius 3 is 2.28 bits per heavy atom. The first-order valence-corrected chi connectivity index (χ1v) is 5.96. The predicted molar refractivity (Wildman–Crippen MR) is 61.5 cm³/mol. The molecular weight excluding hydrogens is 243 g/mol. The van der Waals surface area contributed by atoms with E-state index in [1.807, 2.05) is 0 Å². The van der Waals surface area contributed by atoms with Gasteiger partial charge in [0, 0.05) is 24.6 Å². The molecule has 1 aliphatic carbocycles. The van der Waals surface area contributed by atoms with Gasteiger partial charge in [0.25, 0.3) is 0 Å². The number of hydrogen-bond donors (Lipinski definition) is 2. The average Bonchev–Trinajstić information content (AvgIpc) is 3.13. The first-order valence-electron chi connectivity index (χ1n) is 5.96. The summed E-state index contributed by atoms with van der Waals surface area (Å²) in [6, 6.07) is 1.70. The molecule has 0 radical (unpaired) electrons. The van der Waals surface area contributed by atoms with Crippen molar-refractivity contribution in [2.45, 2.75) is 25.8 Å². The van der Waals surface area contributed by atoms with Crippen LogP contribution in [0.2, 0.25) is 0 Å². The van der Waals surface area contributed by atoms with Crippen molar-refractivity contribution in [1.29, 1.82) is 0 Å². The van der Waals surface area contributed by atoms with Crippen molar-refractivity contribution >= 4 is 0 Å². The number of aliphatic hydroxyl groups excluding tert-OH is 1. The summed E-state index contributed by atoms with van der Waals surface area (Å²) in [5.74, 6) is -3.80. The molecule has 0 saturated heterocycles. The van der Waals surface area contributed by atoms with Crippen LogP contribution in [0.1, 0.15) is 31.4 Å². The van der Waals surface area contributed by atoms with E-state index < -0.39 is 17.5 Å². The van der Waals surface area contributed by atoms with Crippen LogP contribution in [0.3, 0.4) is 0 Å². The zero-order chi connectivity index (χ0) is 13.3. The van der Waals surface area contributed by atoms with Crippen molar-refractivity contribution in [1.82, 2.24) is 5.32 Å². The Hall–Kier alpha value is -1.07. The second kappa shape index (κ2) is 4.90. The Morgan fingerprint density at radius 1 is 1.28 bits per heavy atom. The highest BCUT2D eigenvalue weighted by Gasteiger charge is 2.41. The van der Waals surface area contributed by atoms with Crippen molar-refractivity contribution < 1.29 is 18.3 Å². The van der Waals surface area contributed by atoms with Gasteiger partial charge in [-0.05, 0) is 37.5 Å². The molecule has 1 fully saturated rings. The summed E-state index contributed by atoms with van der Waals surface area (Å²) in [6.07, 6.45) is 1.91. The minimum atomic E-state index is -1.44. The van der Waals surface area contributed by atoms with Crippen LogP contribution in [0, 0.1) is 22.9 Å². The molecule has 0 spiro atoms. The molecule has 0 aliphatic heterocycles. The molecule has 2 nitrogen and oxygen atoms in total. The second-order valence-electron chi connectivity index (χ2n) is 5.06. The van der Waals surface area contributed by atoms with Gasteiger partial charge in [-0.1, -0.05) is 0 Å². The Labute approximate surface area is 104 Å². The maximum atomic E-state index is 13.1. The predicted octanol–water partition coefficient (Wildman–Crippen LogP) is 2.53. The van der Waals surface area contributed by atoms with Gasteiger partial charge in [-0.15, -0.1) is 0 Å². The van der Waals surface area contributed by atoms with Crippen molar-refractivity contribution in [3.8, 4) is 0 Å². The molecule has 5 heteroatoms. The molecule has 1 atom stereocenters. The lowest BCUT2D eigenvalue weighted by molar-refractivity contribution is 0.204. The highest BCUT2D eigenvalue weighted by Crippen LogP contribution is 2.44. The van der Waals surface area contributed by atoms with Crippen molar-refractivity contribution in [2.75, 3.05) is 13.2 Å². The maximum Gasteiger partial charge on any atom is 0.194 e. The standard InChI is InChI=1S/C13H16F3NO/c1-8(17-6-13(7-18)2-3-13)9-4-10(14)12(16)11(15)5-9/h4-5,8,17-18H,2-3,6-7H2,1H3. The van der Waals surface area contributed by atoms with Crippen LogP contribution in [-0.2, 0) is 0 Å². The molecule has 1 unspecified atom stereocenters. The van der Waals surface area contributed by atoms with E-state index in [0.717, 1.165) is 25.0 Å². The monoisotopic (exact) mass is 259 g/mol. The van der Waals surface area contributed by atoms with E-state index in [1.165, 1.54) is 0 Å². The molecule has 1 aromatic rings. The Balaban J connectivity index is 2.02. The van der Waals surface area contributed by atoms with Crippen LogP contribution in [0.4, 0.5) is 13.2 Å². The van der Waals surface area contributed by atoms with Crippen molar-refractivity contribution in [3.63, 3.8) is 0 Å². The Morgan fingerprint density at radius 2 is 1.83 bits per heavy atom. The molecule has 18 heavy (non-hydrogen) atoms. The van der Waals surface area contributed by atoms with Gasteiger partial charge in [-0.2, -0.15) is 0 Å². The zero-order valence-corrected chi connectivity index (χ0v) is 10.1. The van der Waals surface area contributed by atoms with Crippen molar-refractivity contribution in [3.05, 3.63) is 35.1 Å². The van der Waals surface area contributed by atoms with E-state index in [-0.39, 0.29) is 18.1 Å². The summed E-state index contributed by atoms with van der Waals surface area (Å²) in [7, 11) is 0. The first-order chi connectivity index (χ1) is 8.47. The molecule has 1 aromatic carbocycles. The van der Waals surface area contributed by atoms with Gasteiger partial charge in [0.2, 0.25) is 0 Å². The van der Waals surface area contributed by atoms with Crippen LogP contribution in [0.15, 0.2) is 12.1 Å².